The third-order valence-corrected chi connectivity index (χ3v) is 5.46. The molecule has 31 heavy (non-hydrogen) atoms. The molecular formula is C22H27ClN4O4. The van der Waals surface area contributed by atoms with Crippen LogP contribution < -0.4 is 11.2 Å². The number of imidazole rings is 1. The van der Waals surface area contributed by atoms with Crippen LogP contribution >= 0.6 is 11.6 Å². The fourth-order valence-corrected chi connectivity index (χ4v) is 3.90. The van der Waals surface area contributed by atoms with E-state index in [9.17, 15) is 14.4 Å². The largest absolute Gasteiger partial charge is 0.463 e. The van der Waals surface area contributed by atoms with E-state index in [-0.39, 0.29) is 30.1 Å². The van der Waals surface area contributed by atoms with Crippen LogP contribution in [0.1, 0.15) is 44.5 Å². The first-order chi connectivity index (χ1) is 14.8. The molecule has 0 N–H and O–H groups in total. The van der Waals surface area contributed by atoms with Gasteiger partial charge >= 0.3 is 11.7 Å². The molecule has 0 saturated carbocycles. The number of hydrogen-bond donors (Lipinski definition) is 0. The van der Waals surface area contributed by atoms with Gasteiger partial charge in [-0.15, -0.1) is 11.6 Å². The van der Waals surface area contributed by atoms with E-state index in [1.54, 1.807) is 11.6 Å². The number of aromatic nitrogens is 4. The molecule has 0 spiro atoms. The smallest absolute Gasteiger partial charge is 0.332 e. The molecule has 0 aliphatic heterocycles. The molecule has 0 saturated heterocycles. The topological polar surface area (TPSA) is 88.1 Å². The molecule has 0 aliphatic carbocycles. The van der Waals surface area contributed by atoms with Crippen molar-refractivity contribution >= 4 is 28.7 Å². The van der Waals surface area contributed by atoms with Crippen LogP contribution in [0.25, 0.3) is 11.2 Å². The Morgan fingerprint density at radius 3 is 2.52 bits per heavy atom. The molecule has 1 atom stereocenters. The molecule has 0 radical (unpaired) electrons. The highest BCUT2D eigenvalue weighted by Gasteiger charge is 2.20. The van der Waals surface area contributed by atoms with Crippen molar-refractivity contribution in [1.29, 1.82) is 0 Å². The molecule has 3 aromatic rings. The normalized spacial score (nSPS) is 12.3. The number of rotatable bonds is 9. The standard InChI is InChI=1S/C22H27ClN4O4/c1-15(31-16(2)28)9-7-8-12-26-21(29)19-20(25(3)22(26)30)24-18(13-23)27(19)14-17-10-5-4-6-11-17/h4-6,10-11,15H,7-9,12-14H2,1-3H3. The molecule has 1 aromatic carbocycles. The zero-order valence-corrected chi connectivity index (χ0v) is 18.8. The van der Waals surface area contributed by atoms with E-state index in [2.05, 4.69) is 4.98 Å². The summed E-state index contributed by atoms with van der Waals surface area (Å²) in [5.74, 6) is 0.355. The number of alkyl halides is 1. The number of nitrogens with zero attached hydrogens (tertiary/aromatic N) is 4. The number of halogens is 1. The van der Waals surface area contributed by atoms with Crippen molar-refractivity contribution in [3.63, 3.8) is 0 Å². The maximum absolute atomic E-state index is 13.3. The van der Waals surface area contributed by atoms with Crippen LogP contribution in [0.15, 0.2) is 39.9 Å². The minimum Gasteiger partial charge on any atom is -0.463 e. The van der Waals surface area contributed by atoms with E-state index >= 15 is 0 Å². The highest BCUT2D eigenvalue weighted by molar-refractivity contribution is 6.16. The maximum Gasteiger partial charge on any atom is 0.332 e. The van der Waals surface area contributed by atoms with Crippen molar-refractivity contribution in [2.24, 2.45) is 7.05 Å². The molecule has 2 heterocycles. The van der Waals surface area contributed by atoms with Crippen LogP contribution in [0, 0.1) is 0 Å². The predicted molar refractivity (Wildman–Crippen MR) is 119 cm³/mol. The van der Waals surface area contributed by atoms with Crippen LogP contribution in [-0.2, 0) is 35.5 Å². The molecule has 0 bridgehead atoms. The average Bonchev–Trinajstić information content (AvgIpc) is 3.10. The fourth-order valence-electron chi connectivity index (χ4n) is 3.70. The lowest BCUT2D eigenvalue weighted by atomic mass is 10.1. The lowest BCUT2D eigenvalue weighted by Crippen LogP contribution is -2.39. The summed E-state index contributed by atoms with van der Waals surface area (Å²) < 4.78 is 9.56. The van der Waals surface area contributed by atoms with Crippen molar-refractivity contribution in [1.82, 2.24) is 18.7 Å². The maximum atomic E-state index is 13.3. The lowest BCUT2D eigenvalue weighted by molar-refractivity contribution is -0.145. The van der Waals surface area contributed by atoms with Crippen LogP contribution in [0.4, 0.5) is 0 Å². The first-order valence-electron chi connectivity index (χ1n) is 10.3. The van der Waals surface area contributed by atoms with Gasteiger partial charge in [0.05, 0.1) is 12.0 Å². The first kappa shape index (κ1) is 22.8. The Kier molecular flexibility index (Phi) is 7.33. The Bertz CT molecular complexity index is 1180. The Labute approximate surface area is 185 Å². The van der Waals surface area contributed by atoms with E-state index in [4.69, 9.17) is 16.3 Å². The van der Waals surface area contributed by atoms with Crippen LogP contribution in [0.3, 0.4) is 0 Å². The van der Waals surface area contributed by atoms with Crippen LogP contribution in [0.5, 0.6) is 0 Å². The van der Waals surface area contributed by atoms with Gasteiger partial charge in [0.15, 0.2) is 11.2 Å². The summed E-state index contributed by atoms with van der Waals surface area (Å²) in [6.07, 6.45) is 1.80. The summed E-state index contributed by atoms with van der Waals surface area (Å²) in [6, 6.07) is 9.72. The number of carbonyl (C=O) groups is 1. The molecule has 0 aliphatic rings. The van der Waals surface area contributed by atoms with Gasteiger partial charge in [0.25, 0.3) is 5.56 Å². The molecule has 8 nitrogen and oxygen atoms in total. The van der Waals surface area contributed by atoms with Gasteiger partial charge in [-0.25, -0.2) is 9.78 Å². The highest BCUT2D eigenvalue weighted by atomic mass is 35.5. The number of ether oxygens (including phenoxy) is 1. The Balaban J connectivity index is 1.92. The summed E-state index contributed by atoms with van der Waals surface area (Å²) in [6.45, 7) is 3.92. The zero-order chi connectivity index (χ0) is 22.5. The van der Waals surface area contributed by atoms with E-state index < -0.39 is 5.69 Å². The Morgan fingerprint density at radius 2 is 1.87 bits per heavy atom. The SMILES string of the molecule is CC(=O)OC(C)CCCCn1c(=O)c2c(nc(CCl)n2Cc2ccccc2)n(C)c1=O. The van der Waals surface area contributed by atoms with Crippen molar-refractivity contribution in [3.8, 4) is 0 Å². The Hall–Kier alpha value is -2.87. The second-order valence-electron chi connectivity index (χ2n) is 7.62. The van der Waals surface area contributed by atoms with E-state index in [0.29, 0.717) is 36.4 Å². The molecule has 0 amide bonds. The van der Waals surface area contributed by atoms with Gasteiger partial charge in [0, 0.05) is 27.1 Å². The van der Waals surface area contributed by atoms with Gasteiger partial charge < -0.3 is 9.30 Å². The highest BCUT2D eigenvalue weighted by Crippen LogP contribution is 2.16. The Morgan fingerprint density at radius 1 is 1.16 bits per heavy atom. The third-order valence-electron chi connectivity index (χ3n) is 5.22. The van der Waals surface area contributed by atoms with Crippen molar-refractivity contribution < 1.29 is 9.53 Å². The number of aryl methyl sites for hydroxylation is 1. The van der Waals surface area contributed by atoms with E-state index in [1.807, 2.05) is 37.3 Å². The number of fused-ring (bicyclic) bond motifs is 1. The van der Waals surface area contributed by atoms with Crippen molar-refractivity contribution in [3.05, 3.63) is 62.6 Å². The second-order valence-corrected chi connectivity index (χ2v) is 7.89. The van der Waals surface area contributed by atoms with Crippen molar-refractivity contribution in [2.45, 2.75) is 58.2 Å². The summed E-state index contributed by atoms with van der Waals surface area (Å²) in [7, 11) is 1.61. The van der Waals surface area contributed by atoms with E-state index in [0.717, 1.165) is 12.0 Å². The monoisotopic (exact) mass is 446 g/mol. The quantitative estimate of drug-likeness (QED) is 0.286. The van der Waals surface area contributed by atoms with Gasteiger partial charge in [-0.1, -0.05) is 30.3 Å². The number of carbonyl (C=O) groups excluding carboxylic acids is 1. The number of unbranched alkanes of at least 4 members (excludes halogenated alkanes) is 1. The lowest BCUT2D eigenvalue weighted by Gasteiger charge is -2.13. The van der Waals surface area contributed by atoms with Gasteiger partial charge in [0.1, 0.15) is 5.82 Å². The second kappa shape index (κ2) is 9.96. The molecule has 0 fully saturated rings. The van der Waals surface area contributed by atoms with Gasteiger partial charge in [-0.05, 0) is 31.7 Å². The summed E-state index contributed by atoms with van der Waals surface area (Å²) in [4.78, 5) is 41.6. The summed E-state index contributed by atoms with van der Waals surface area (Å²) >= 11 is 6.11. The number of esters is 1. The van der Waals surface area contributed by atoms with Crippen LogP contribution in [0.2, 0.25) is 0 Å². The number of hydrogen-bond acceptors (Lipinski definition) is 5. The molecule has 166 valence electrons. The number of benzene rings is 1. The van der Waals surface area contributed by atoms with E-state index in [1.165, 1.54) is 16.1 Å². The van der Waals surface area contributed by atoms with Crippen molar-refractivity contribution in [2.75, 3.05) is 0 Å². The molecule has 2 aromatic heterocycles. The van der Waals surface area contributed by atoms with Crippen LogP contribution in [-0.4, -0.2) is 30.8 Å². The van der Waals surface area contributed by atoms with Gasteiger partial charge in [-0.2, -0.15) is 0 Å². The zero-order valence-electron chi connectivity index (χ0n) is 18.0. The molecule has 1 unspecified atom stereocenters. The molecular weight excluding hydrogens is 420 g/mol. The average molecular weight is 447 g/mol. The summed E-state index contributed by atoms with van der Waals surface area (Å²) in [5.41, 5.74) is 0.936. The summed E-state index contributed by atoms with van der Waals surface area (Å²) in [5, 5.41) is 0. The minimum absolute atomic E-state index is 0.128. The molecule has 3 rings (SSSR count). The molecule has 9 heteroatoms. The first-order valence-corrected chi connectivity index (χ1v) is 10.8. The van der Waals surface area contributed by atoms with Gasteiger partial charge in [-0.3, -0.25) is 18.7 Å². The predicted octanol–water partition coefficient (Wildman–Crippen LogP) is 2.81. The third kappa shape index (κ3) is 5.07. The fraction of sp³-hybridized carbons (Fsp3) is 0.455. The minimum atomic E-state index is -0.406. The van der Waals surface area contributed by atoms with Gasteiger partial charge in [0.2, 0.25) is 0 Å².